The highest BCUT2D eigenvalue weighted by Crippen LogP contribution is 2.31. The third-order valence-electron chi connectivity index (χ3n) is 21.6. The van der Waals surface area contributed by atoms with Gasteiger partial charge in [0.25, 0.3) is 0 Å². The van der Waals surface area contributed by atoms with Crippen molar-refractivity contribution in [2.75, 3.05) is 19.8 Å². The number of hydrogen-bond donors (Lipinski definition) is 9. The van der Waals surface area contributed by atoms with Crippen molar-refractivity contribution in [2.45, 2.75) is 492 Å². The number of ether oxygens (including phenoxy) is 4. The Balaban J connectivity index is 1.60. The molecule has 2 aliphatic rings. The Labute approximate surface area is 621 Å². The zero-order valence-electron chi connectivity index (χ0n) is 65.7. The quantitative estimate of drug-likeness (QED) is 0.0204. The number of carbonyl (C=O) groups excluding carboxylic acids is 1. The summed E-state index contributed by atoms with van der Waals surface area (Å²) < 4.78 is 22.9. The molecule has 596 valence electrons. The second-order valence-corrected chi connectivity index (χ2v) is 31.0. The molecule has 0 radical (unpaired) electrons. The minimum Gasteiger partial charge on any atom is -0.394 e. The van der Waals surface area contributed by atoms with Crippen molar-refractivity contribution in [3.63, 3.8) is 0 Å². The number of unbranched alkanes of at least 4 members (excludes halogenated alkanes) is 58. The van der Waals surface area contributed by atoms with E-state index in [2.05, 4.69) is 43.5 Å². The lowest BCUT2D eigenvalue weighted by molar-refractivity contribution is -0.359. The summed E-state index contributed by atoms with van der Waals surface area (Å²) in [5.74, 6) is -0.244. The van der Waals surface area contributed by atoms with Crippen LogP contribution in [0.5, 0.6) is 0 Å². The minimum absolute atomic E-state index is 0.244. The van der Waals surface area contributed by atoms with E-state index in [4.69, 9.17) is 18.9 Å². The predicted octanol–water partition coefficient (Wildman–Crippen LogP) is 20.8. The van der Waals surface area contributed by atoms with Crippen LogP contribution in [-0.2, 0) is 23.7 Å². The van der Waals surface area contributed by atoms with E-state index in [1.165, 1.54) is 340 Å². The van der Waals surface area contributed by atoms with Gasteiger partial charge in [0.1, 0.15) is 48.8 Å². The molecule has 2 heterocycles. The van der Waals surface area contributed by atoms with E-state index in [1.54, 1.807) is 6.08 Å². The summed E-state index contributed by atoms with van der Waals surface area (Å²) >= 11 is 0. The second kappa shape index (κ2) is 71.1. The third-order valence-corrected chi connectivity index (χ3v) is 21.6. The zero-order valence-corrected chi connectivity index (χ0v) is 65.7. The topological polar surface area (TPSA) is 228 Å². The van der Waals surface area contributed by atoms with E-state index in [1.807, 2.05) is 6.08 Å². The van der Waals surface area contributed by atoms with Crippen molar-refractivity contribution in [3.8, 4) is 0 Å². The first kappa shape index (κ1) is 95.3. The molecule has 0 aromatic heterocycles. The summed E-state index contributed by atoms with van der Waals surface area (Å²) in [4.78, 5) is 13.4. The Morgan fingerprint density at radius 1 is 0.347 bits per heavy atom. The maximum atomic E-state index is 13.4. The number of nitrogens with one attached hydrogen (secondary N) is 1. The van der Waals surface area contributed by atoms with E-state index >= 15 is 0 Å². The average molecular weight is 1430 g/mol. The second-order valence-electron chi connectivity index (χ2n) is 31.0. The van der Waals surface area contributed by atoms with Crippen molar-refractivity contribution in [2.24, 2.45) is 0 Å². The first-order valence-corrected chi connectivity index (χ1v) is 43.7. The van der Waals surface area contributed by atoms with Crippen LogP contribution >= 0.6 is 0 Å². The van der Waals surface area contributed by atoms with Crippen LogP contribution in [0.3, 0.4) is 0 Å². The van der Waals surface area contributed by atoms with E-state index < -0.39 is 86.8 Å². The summed E-state index contributed by atoms with van der Waals surface area (Å²) in [6.07, 6.45) is 78.4. The Bertz CT molecular complexity index is 1840. The number of carbonyl (C=O) groups is 1. The van der Waals surface area contributed by atoms with Gasteiger partial charge < -0.3 is 65.1 Å². The van der Waals surface area contributed by atoms with Crippen LogP contribution in [0.25, 0.3) is 0 Å². The molecule has 2 rings (SSSR count). The van der Waals surface area contributed by atoms with E-state index in [0.29, 0.717) is 12.8 Å². The predicted molar refractivity (Wildman–Crippen MR) is 420 cm³/mol. The Kier molecular flexibility index (Phi) is 67.1. The summed E-state index contributed by atoms with van der Waals surface area (Å²) in [5.41, 5.74) is 0. The third kappa shape index (κ3) is 53.6. The van der Waals surface area contributed by atoms with Crippen molar-refractivity contribution < 1.29 is 64.6 Å². The summed E-state index contributed by atoms with van der Waals surface area (Å²) in [6.45, 7) is 2.85. The van der Waals surface area contributed by atoms with Crippen molar-refractivity contribution in [1.29, 1.82) is 0 Å². The van der Waals surface area contributed by atoms with E-state index in [0.717, 1.165) is 44.9 Å². The number of amides is 1. The highest BCUT2D eigenvalue weighted by molar-refractivity contribution is 5.76. The summed E-state index contributed by atoms with van der Waals surface area (Å²) in [7, 11) is 0. The Morgan fingerprint density at radius 3 is 0.970 bits per heavy atom. The van der Waals surface area contributed by atoms with Crippen LogP contribution in [-0.4, -0.2) is 140 Å². The van der Waals surface area contributed by atoms with Crippen molar-refractivity contribution in [3.05, 3.63) is 36.5 Å². The maximum Gasteiger partial charge on any atom is 0.220 e. The molecule has 0 saturated carbocycles. The molecule has 2 aliphatic heterocycles. The van der Waals surface area contributed by atoms with Crippen LogP contribution in [0.4, 0.5) is 0 Å². The van der Waals surface area contributed by atoms with Gasteiger partial charge in [-0.2, -0.15) is 0 Å². The fourth-order valence-electron chi connectivity index (χ4n) is 14.7. The first-order chi connectivity index (χ1) is 49.6. The Morgan fingerprint density at radius 2 is 0.634 bits per heavy atom. The SMILES string of the molecule is CCCCCCCCCCCCCCCCCCCCCCCCC/C=C/CC/C=C/CC/C=C/C(O)C(COC1OC(CO)C(OC2OC(CO)C(O)C(O)C2O)C(O)C1O)NC(=O)CCCCCCCCCCCCCCCCCCCCCCCCCCCCCCCCCCCC. The van der Waals surface area contributed by atoms with Gasteiger partial charge in [-0.15, -0.1) is 0 Å². The van der Waals surface area contributed by atoms with Gasteiger partial charge >= 0.3 is 0 Å². The summed E-state index contributed by atoms with van der Waals surface area (Å²) in [6, 6.07) is -0.939. The van der Waals surface area contributed by atoms with Crippen LogP contribution in [0, 0.1) is 0 Å². The smallest absolute Gasteiger partial charge is 0.220 e. The molecule has 12 atom stereocenters. The van der Waals surface area contributed by atoms with Crippen molar-refractivity contribution >= 4 is 5.91 Å². The minimum atomic E-state index is -1.79. The van der Waals surface area contributed by atoms with Gasteiger partial charge in [-0.05, 0) is 44.9 Å². The highest BCUT2D eigenvalue weighted by Gasteiger charge is 2.51. The van der Waals surface area contributed by atoms with Crippen LogP contribution in [0.15, 0.2) is 36.5 Å². The molecule has 101 heavy (non-hydrogen) atoms. The number of rotatable bonds is 75. The van der Waals surface area contributed by atoms with Crippen LogP contribution < -0.4 is 5.32 Å². The summed E-state index contributed by atoms with van der Waals surface area (Å²) in [5, 5.41) is 87.8. The number of allylic oxidation sites excluding steroid dienone is 5. The average Bonchev–Trinajstić information content (AvgIpc) is 0.792. The standard InChI is InChI=1S/C87H165NO13/c1-3-5-7-9-11-13-15-17-19-21-23-25-27-29-31-33-35-37-39-41-43-45-47-49-51-53-55-57-59-61-63-65-67-69-71-79(92)88-75(74-98-86-84(97)82(95)85(78(73-90)100-86)101-87-83(96)81(94)80(93)77(72-89)99-87)76(91)70-68-66-64-62-60-58-56-54-52-50-48-46-44-42-40-38-36-34-32-30-28-26-24-22-20-18-16-14-12-10-8-6-4-2/h52,54,60,62,68,70,75-78,80-87,89-91,93-97H,3-51,53,55-59,61,63-67,69,71-74H2,1-2H3,(H,88,92)/b54-52+,62-60+,70-68+. The van der Waals surface area contributed by atoms with Gasteiger partial charge in [0.05, 0.1) is 32.0 Å². The van der Waals surface area contributed by atoms with Gasteiger partial charge in [0.2, 0.25) is 5.91 Å². The normalized spacial score (nSPS) is 21.8. The molecule has 0 spiro atoms. The Hall–Kier alpha value is -1.79. The molecule has 1 amide bonds. The van der Waals surface area contributed by atoms with Gasteiger partial charge in [-0.25, -0.2) is 0 Å². The zero-order chi connectivity index (χ0) is 73.0. The fourth-order valence-corrected chi connectivity index (χ4v) is 14.7. The molecule has 14 nitrogen and oxygen atoms in total. The monoisotopic (exact) mass is 1430 g/mol. The highest BCUT2D eigenvalue weighted by atomic mass is 16.7. The number of aliphatic hydroxyl groups excluding tert-OH is 8. The largest absolute Gasteiger partial charge is 0.394 e. The van der Waals surface area contributed by atoms with Crippen molar-refractivity contribution in [1.82, 2.24) is 5.32 Å². The first-order valence-electron chi connectivity index (χ1n) is 43.7. The molecule has 9 N–H and O–H groups in total. The lowest BCUT2D eigenvalue weighted by Crippen LogP contribution is -2.65. The van der Waals surface area contributed by atoms with E-state index in [-0.39, 0.29) is 18.9 Å². The van der Waals surface area contributed by atoms with Gasteiger partial charge in [0, 0.05) is 6.42 Å². The molecule has 14 heteroatoms. The molecule has 2 fully saturated rings. The molecule has 0 aromatic carbocycles. The molecule has 2 saturated heterocycles. The molecule has 12 unspecified atom stereocenters. The van der Waals surface area contributed by atoms with Gasteiger partial charge in [-0.3, -0.25) is 4.79 Å². The van der Waals surface area contributed by atoms with E-state index in [9.17, 15) is 45.6 Å². The molecule has 0 bridgehead atoms. The van der Waals surface area contributed by atoms with Crippen LogP contribution in [0.2, 0.25) is 0 Å². The molecular formula is C87H165NO13. The number of aliphatic hydroxyl groups is 8. The molecule has 0 aliphatic carbocycles. The number of hydrogen-bond acceptors (Lipinski definition) is 13. The van der Waals surface area contributed by atoms with Gasteiger partial charge in [-0.1, -0.05) is 403 Å². The fraction of sp³-hybridized carbons (Fsp3) is 0.920. The molecular weight excluding hydrogens is 1270 g/mol. The molecule has 0 aromatic rings. The maximum absolute atomic E-state index is 13.4. The lowest BCUT2D eigenvalue weighted by atomic mass is 9.97. The van der Waals surface area contributed by atoms with Gasteiger partial charge in [0.15, 0.2) is 12.6 Å². The lowest BCUT2D eigenvalue weighted by Gasteiger charge is -2.46. The van der Waals surface area contributed by atoms with Crippen LogP contribution in [0.1, 0.15) is 418 Å².